The van der Waals surface area contributed by atoms with Gasteiger partial charge in [0.05, 0.1) is 24.9 Å². The van der Waals surface area contributed by atoms with Gasteiger partial charge in [0.25, 0.3) is 5.91 Å². The zero-order valence-corrected chi connectivity index (χ0v) is 12.6. The normalized spacial score (nSPS) is 14.1. The Morgan fingerprint density at radius 3 is 2.77 bits per heavy atom. The minimum absolute atomic E-state index is 0.00960. The van der Waals surface area contributed by atoms with Crippen molar-refractivity contribution in [2.75, 3.05) is 25.1 Å². The number of esters is 1. The van der Waals surface area contributed by atoms with E-state index < -0.39 is 0 Å². The van der Waals surface area contributed by atoms with Crippen LogP contribution in [0.3, 0.4) is 0 Å². The summed E-state index contributed by atoms with van der Waals surface area (Å²) >= 11 is 0. The van der Waals surface area contributed by atoms with Crippen molar-refractivity contribution in [2.24, 2.45) is 0 Å². The average molecular weight is 304 g/mol. The standard InChI is InChI=1S/C16H20N2O4/c1-22-15(20)9-3-2-6-10-18-13-8-5-4-7-12(13)16(21)17-11-14(18)19/h4-5,7-8H,2-3,6,9-11H2,1H3,(H,17,21). The Hall–Kier alpha value is -2.37. The lowest BCUT2D eigenvalue weighted by atomic mass is 10.1. The average Bonchev–Trinajstić information content (AvgIpc) is 2.66. The smallest absolute Gasteiger partial charge is 0.305 e. The van der Waals surface area contributed by atoms with Gasteiger partial charge in [0.15, 0.2) is 0 Å². The molecule has 0 aliphatic carbocycles. The highest BCUT2D eigenvalue weighted by atomic mass is 16.5. The van der Waals surface area contributed by atoms with Gasteiger partial charge in [-0.05, 0) is 25.0 Å². The summed E-state index contributed by atoms with van der Waals surface area (Å²) in [5, 5.41) is 2.61. The van der Waals surface area contributed by atoms with Crippen LogP contribution >= 0.6 is 0 Å². The van der Waals surface area contributed by atoms with Crippen molar-refractivity contribution < 1.29 is 19.1 Å². The molecule has 0 fully saturated rings. The van der Waals surface area contributed by atoms with E-state index in [0.717, 1.165) is 19.3 Å². The largest absolute Gasteiger partial charge is 0.469 e. The van der Waals surface area contributed by atoms with Crippen LogP contribution in [-0.4, -0.2) is 38.0 Å². The van der Waals surface area contributed by atoms with E-state index in [4.69, 9.17) is 0 Å². The number of nitrogens with zero attached hydrogens (tertiary/aromatic N) is 1. The summed E-state index contributed by atoms with van der Waals surface area (Å²) in [5.41, 5.74) is 1.17. The van der Waals surface area contributed by atoms with Crippen molar-refractivity contribution >= 4 is 23.5 Å². The molecular weight excluding hydrogens is 284 g/mol. The molecule has 1 aromatic rings. The van der Waals surface area contributed by atoms with E-state index in [1.54, 1.807) is 23.1 Å². The fraction of sp³-hybridized carbons (Fsp3) is 0.438. The molecule has 118 valence electrons. The van der Waals surface area contributed by atoms with E-state index in [9.17, 15) is 14.4 Å². The first kappa shape index (κ1) is 16.0. The van der Waals surface area contributed by atoms with E-state index >= 15 is 0 Å². The lowest BCUT2D eigenvalue weighted by Crippen LogP contribution is -2.37. The molecule has 1 N–H and O–H groups in total. The number of para-hydroxylation sites is 1. The Balaban J connectivity index is 1.97. The van der Waals surface area contributed by atoms with Gasteiger partial charge in [0.1, 0.15) is 0 Å². The molecule has 0 spiro atoms. The SMILES string of the molecule is COC(=O)CCCCCN1C(=O)CNC(=O)c2ccccc21. The molecule has 0 saturated heterocycles. The number of ether oxygens (including phenoxy) is 1. The molecule has 6 heteroatoms. The van der Waals surface area contributed by atoms with Gasteiger partial charge >= 0.3 is 5.97 Å². The van der Waals surface area contributed by atoms with E-state index in [1.165, 1.54) is 7.11 Å². The molecule has 2 amide bonds. The third-order valence-corrected chi connectivity index (χ3v) is 3.63. The first-order valence-electron chi connectivity index (χ1n) is 7.38. The Morgan fingerprint density at radius 2 is 2.00 bits per heavy atom. The number of unbranched alkanes of at least 4 members (excludes halogenated alkanes) is 2. The summed E-state index contributed by atoms with van der Waals surface area (Å²) in [4.78, 5) is 36.8. The number of amides is 2. The predicted molar refractivity (Wildman–Crippen MR) is 81.6 cm³/mol. The summed E-state index contributed by atoms with van der Waals surface area (Å²) in [5.74, 6) is -0.561. The van der Waals surface area contributed by atoms with Crippen molar-refractivity contribution in [1.82, 2.24) is 5.32 Å². The first-order chi connectivity index (χ1) is 10.6. The topological polar surface area (TPSA) is 75.7 Å². The molecule has 0 unspecified atom stereocenters. The van der Waals surface area contributed by atoms with Crippen molar-refractivity contribution in [3.63, 3.8) is 0 Å². The number of anilines is 1. The maximum absolute atomic E-state index is 12.2. The van der Waals surface area contributed by atoms with E-state index in [0.29, 0.717) is 24.2 Å². The van der Waals surface area contributed by atoms with Crippen LogP contribution in [0, 0.1) is 0 Å². The van der Waals surface area contributed by atoms with Crippen LogP contribution in [0.5, 0.6) is 0 Å². The fourth-order valence-corrected chi connectivity index (χ4v) is 2.45. The Labute approximate surface area is 129 Å². The zero-order chi connectivity index (χ0) is 15.9. The second-order valence-corrected chi connectivity index (χ2v) is 5.13. The highest BCUT2D eigenvalue weighted by Crippen LogP contribution is 2.23. The summed E-state index contributed by atoms with van der Waals surface area (Å²) in [6, 6.07) is 7.10. The number of nitrogens with one attached hydrogen (secondary N) is 1. The minimum Gasteiger partial charge on any atom is -0.469 e. The summed E-state index contributed by atoms with van der Waals surface area (Å²) in [7, 11) is 1.37. The van der Waals surface area contributed by atoms with E-state index in [1.807, 2.05) is 6.07 Å². The number of hydrogen-bond donors (Lipinski definition) is 1. The maximum atomic E-state index is 12.2. The van der Waals surface area contributed by atoms with E-state index in [-0.39, 0.29) is 24.3 Å². The minimum atomic E-state index is -0.225. The molecule has 1 aliphatic heterocycles. The van der Waals surface area contributed by atoms with Crippen molar-refractivity contribution in [3.8, 4) is 0 Å². The number of fused-ring (bicyclic) bond motifs is 1. The number of hydrogen-bond acceptors (Lipinski definition) is 4. The lowest BCUT2D eigenvalue weighted by molar-refractivity contribution is -0.140. The maximum Gasteiger partial charge on any atom is 0.305 e. The second kappa shape index (κ2) is 7.59. The monoisotopic (exact) mass is 304 g/mol. The number of carbonyl (C=O) groups is 3. The highest BCUT2D eigenvalue weighted by molar-refractivity contribution is 6.09. The zero-order valence-electron chi connectivity index (χ0n) is 12.6. The van der Waals surface area contributed by atoms with Crippen LogP contribution in [0.15, 0.2) is 24.3 Å². The summed E-state index contributed by atoms with van der Waals surface area (Å²) in [6.07, 6.45) is 2.71. The third kappa shape index (κ3) is 3.84. The van der Waals surface area contributed by atoms with Gasteiger partial charge in [0, 0.05) is 13.0 Å². The van der Waals surface area contributed by atoms with Gasteiger partial charge in [-0.25, -0.2) is 0 Å². The summed E-state index contributed by atoms with van der Waals surface area (Å²) < 4.78 is 4.59. The van der Waals surface area contributed by atoms with Gasteiger partial charge < -0.3 is 15.0 Å². The number of methoxy groups -OCH3 is 1. The van der Waals surface area contributed by atoms with Gasteiger partial charge in [-0.3, -0.25) is 14.4 Å². The predicted octanol–water partition coefficient (Wildman–Crippen LogP) is 1.50. The Bertz CT molecular complexity index is 571. The first-order valence-corrected chi connectivity index (χ1v) is 7.38. The highest BCUT2D eigenvalue weighted by Gasteiger charge is 2.25. The molecule has 2 rings (SSSR count). The van der Waals surface area contributed by atoms with Gasteiger partial charge in [-0.2, -0.15) is 0 Å². The second-order valence-electron chi connectivity index (χ2n) is 5.13. The molecule has 22 heavy (non-hydrogen) atoms. The van der Waals surface area contributed by atoms with Gasteiger partial charge in [0.2, 0.25) is 5.91 Å². The number of carbonyl (C=O) groups excluding carboxylic acids is 3. The molecule has 0 aromatic heterocycles. The molecule has 0 radical (unpaired) electrons. The molecule has 0 bridgehead atoms. The van der Waals surface area contributed by atoms with Gasteiger partial charge in [-0.15, -0.1) is 0 Å². The number of benzene rings is 1. The van der Waals surface area contributed by atoms with Gasteiger partial charge in [-0.1, -0.05) is 18.6 Å². The summed E-state index contributed by atoms with van der Waals surface area (Å²) in [6.45, 7) is 0.543. The van der Waals surface area contributed by atoms with Crippen LogP contribution in [0.2, 0.25) is 0 Å². The Morgan fingerprint density at radius 1 is 1.23 bits per heavy atom. The molecule has 0 saturated carbocycles. The van der Waals surface area contributed by atoms with Crippen LogP contribution in [0.4, 0.5) is 5.69 Å². The molecule has 1 aromatic carbocycles. The molecule has 1 aliphatic rings. The van der Waals surface area contributed by atoms with Crippen molar-refractivity contribution in [3.05, 3.63) is 29.8 Å². The quantitative estimate of drug-likeness (QED) is 0.638. The Kier molecular flexibility index (Phi) is 5.52. The van der Waals surface area contributed by atoms with Crippen molar-refractivity contribution in [1.29, 1.82) is 0 Å². The lowest BCUT2D eigenvalue weighted by Gasteiger charge is -2.22. The molecular formula is C16H20N2O4. The molecule has 1 heterocycles. The third-order valence-electron chi connectivity index (χ3n) is 3.63. The van der Waals surface area contributed by atoms with Crippen LogP contribution in [0.25, 0.3) is 0 Å². The van der Waals surface area contributed by atoms with E-state index in [2.05, 4.69) is 10.1 Å². The molecule has 6 nitrogen and oxygen atoms in total. The number of rotatable bonds is 6. The van der Waals surface area contributed by atoms with Crippen LogP contribution < -0.4 is 10.2 Å². The van der Waals surface area contributed by atoms with Crippen molar-refractivity contribution in [2.45, 2.75) is 25.7 Å². The molecule has 0 atom stereocenters. The van der Waals surface area contributed by atoms with Crippen LogP contribution in [-0.2, 0) is 14.3 Å². The van der Waals surface area contributed by atoms with Crippen LogP contribution in [0.1, 0.15) is 36.0 Å². The fourth-order valence-electron chi connectivity index (χ4n) is 2.45.